The largest absolute Gasteiger partial charge is 0.344 e. The minimum atomic E-state index is -0.382. The zero-order chi connectivity index (χ0) is 37.3. The lowest BCUT2D eigenvalue weighted by molar-refractivity contribution is 0.674. The van der Waals surface area contributed by atoms with Crippen LogP contribution in [0, 0.1) is 0 Å². The molecule has 1 unspecified atom stereocenters. The summed E-state index contributed by atoms with van der Waals surface area (Å²) in [4.78, 5) is 15.5. The van der Waals surface area contributed by atoms with E-state index in [9.17, 15) is 0 Å². The Balaban J connectivity index is 1.12. The summed E-state index contributed by atoms with van der Waals surface area (Å²) in [6.45, 7) is 0. The third-order valence-electron chi connectivity index (χ3n) is 10.5. The number of benzene rings is 8. The molecule has 9 aromatic rings. The molecule has 0 bridgehead atoms. The van der Waals surface area contributed by atoms with Gasteiger partial charge in [-0.1, -0.05) is 182 Å². The smallest absolute Gasteiger partial charge is 0.159 e. The highest BCUT2D eigenvalue weighted by atomic mass is 15.2. The molecule has 1 aromatic heterocycles. The van der Waals surface area contributed by atoms with Crippen LogP contribution in [0.25, 0.3) is 66.3 Å². The number of aromatic nitrogens is 1. The predicted octanol–water partition coefficient (Wildman–Crippen LogP) is 12.6. The Bertz CT molecular complexity index is 2920. The van der Waals surface area contributed by atoms with Crippen molar-refractivity contribution >= 4 is 33.3 Å². The fourth-order valence-corrected chi connectivity index (χ4v) is 7.76. The average molecular weight is 717 g/mol. The molecule has 1 aliphatic rings. The molecule has 0 radical (unpaired) electrons. The van der Waals surface area contributed by atoms with Gasteiger partial charge in [-0.2, -0.15) is 0 Å². The molecule has 8 aromatic carbocycles. The highest BCUT2D eigenvalue weighted by Crippen LogP contribution is 2.38. The van der Waals surface area contributed by atoms with Crippen LogP contribution in [-0.2, 0) is 0 Å². The summed E-state index contributed by atoms with van der Waals surface area (Å²) >= 11 is 0. The minimum Gasteiger partial charge on any atom is -0.344 e. The Hall–Kier alpha value is -7.43. The Morgan fingerprint density at radius 1 is 0.375 bits per heavy atom. The van der Waals surface area contributed by atoms with Crippen molar-refractivity contribution in [1.29, 1.82) is 0 Å². The summed E-state index contributed by atoms with van der Waals surface area (Å²) in [6.07, 6.45) is -0.382. The molecule has 0 saturated carbocycles. The van der Waals surface area contributed by atoms with Crippen LogP contribution in [0.2, 0.25) is 0 Å². The van der Waals surface area contributed by atoms with Gasteiger partial charge in [0.15, 0.2) is 5.84 Å². The Morgan fingerprint density at radius 2 is 0.911 bits per heavy atom. The van der Waals surface area contributed by atoms with Crippen LogP contribution in [-0.4, -0.2) is 16.7 Å². The number of hydrogen-bond acceptors (Lipinski definition) is 4. The van der Waals surface area contributed by atoms with E-state index in [1.807, 2.05) is 36.4 Å². The van der Waals surface area contributed by atoms with Gasteiger partial charge in [-0.25, -0.2) is 15.0 Å². The first kappa shape index (κ1) is 33.2. The molecule has 0 amide bonds. The van der Waals surface area contributed by atoms with Gasteiger partial charge < -0.3 is 5.32 Å². The maximum absolute atomic E-state index is 5.27. The minimum absolute atomic E-state index is 0.382. The normalized spacial score (nSPS) is 13.9. The first-order valence-corrected chi connectivity index (χ1v) is 19.0. The first-order valence-electron chi connectivity index (χ1n) is 19.0. The van der Waals surface area contributed by atoms with Crippen molar-refractivity contribution in [3.05, 3.63) is 223 Å². The van der Waals surface area contributed by atoms with E-state index in [1.165, 1.54) is 21.9 Å². The lowest BCUT2D eigenvalue weighted by atomic mass is 9.90. The Labute approximate surface area is 326 Å². The number of nitrogens with zero attached hydrogens (tertiary/aromatic N) is 3. The maximum Gasteiger partial charge on any atom is 0.159 e. The van der Waals surface area contributed by atoms with E-state index in [0.29, 0.717) is 5.84 Å². The second-order valence-corrected chi connectivity index (χ2v) is 14.0. The van der Waals surface area contributed by atoms with Crippen LogP contribution < -0.4 is 5.32 Å². The van der Waals surface area contributed by atoms with E-state index in [1.54, 1.807) is 0 Å². The molecular weight excluding hydrogens is 681 g/mol. The number of nitrogens with one attached hydrogen (secondary N) is 1. The third-order valence-corrected chi connectivity index (χ3v) is 10.5. The number of para-hydroxylation sites is 1. The standard InChI is InChI=1S/C52H36N4/c1-4-16-36(17-5-1)43-22-10-11-23-44(43)41-32-40(35-28-30-37(31-29-35)49-47-26-13-12-24-45(47)46-25-14-15-27-48(46)53-49)33-42(34-41)52-55-50(38-18-6-2-7-19-38)54-51(56-52)39-20-8-3-9-21-39/h1-34,52H,(H,54,55,56). The lowest BCUT2D eigenvalue weighted by Crippen LogP contribution is -2.33. The van der Waals surface area contributed by atoms with Crippen molar-refractivity contribution in [2.24, 2.45) is 9.98 Å². The van der Waals surface area contributed by atoms with Crippen LogP contribution >= 0.6 is 0 Å². The number of aliphatic imine (C=N–C) groups is 2. The predicted molar refractivity (Wildman–Crippen MR) is 233 cm³/mol. The number of hydrogen-bond donors (Lipinski definition) is 1. The fraction of sp³-hybridized carbons (Fsp3) is 0.0192. The monoisotopic (exact) mass is 716 g/mol. The Morgan fingerprint density at radius 3 is 1.62 bits per heavy atom. The molecule has 4 nitrogen and oxygen atoms in total. The van der Waals surface area contributed by atoms with E-state index >= 15 is 0 Å². The third kappa shape index (κ3) is 6.33. The number of pyridine rings is 1. The zero-order valence-corrected chi connectivity index (χ0v) is 30.5. The van der Waals surface area contributed by atoms with E-state index in [2.05, 4.69) is 175 Å². The zero-order valence-electron chi connectivity index (χ0n) is 30.5. The molecule has 0 fully saturated rings. The van der Waals surface area contributed by atoms with Gasteiger partial charge in [-0.3, -0.25) is 0 Å². The van der Waals surface area contributed by atoms with Gasteiger partial charge in [0.25, 0.3) is 0 Å². The van der Waals surface area contributed by atoms with Crippen LogP contribution in [0.1, 0.15) is 22.9 Å². The molecule has 264 valence electrons. The summed E-state index contributed by atoms with van der Waals surface area (Å²) in [5.74, 6) is 1.49. The van der Waals surface area contributed by atoms with E-state index in [4.69, 9.17) is 15.0 Å². The van der Waals surface area contributed by atoms with Gasteiger partial charge in [0, 0.05) is 27.5 Å². The van der Waals surface area contributed by atoms with Crippen molar-refractivity contribution in [1.82, 2.24) is 10.3 Å². The molecule has 1 N–H and O–H groups in total. The Kier molecular flexibility index (Phi) is 8.54. The summed E-state index contributed by atoms with van der Waals surface area (Å²) in [7, 11) is 0. The number of amidine groups is 2. The second kappa shape index (κ2) is 14.4. The van der Waals surface area contributed by atoms with Gasteiger partial charge >= 0.3 is 0 Å². The van der Waals surface area contributed by atoms with Gasteiger partial charge in [-0.05, 0) is 68.6 Å². The van der Waals surface area contributed by atoms with Gasteiger partial charge in [0.05, 0.1) is 11.2 Å². The van der Waals surface area contributed by atoms with Crippen LogP contribution in [0.5, 0.6) is 0 Å². The second-order valence-electron chi connectivity index (χ2n) is 14.0. The quantitative estimate of drug-likeness (QED) is 0.167. The summed E-state index contributed by atoms with van der Waals surface area (Å²) in [5, 5.41) is 7.23. The lowest BCUT2D eigenvalue weighted by Gasteiger charge is -2.25. The molecule has 0 spiro atoms. The van der Waals surface area contributed by atoms with Crippen molar-refractivity contribution in [2.75, 3.05) is 0 Å². The van der Waals surface area contributed by atoms with Gasteiger partial charge in [-0.15, -0.1) is 0 Å². The summed E-state index contributed by atoms with van der Waals surface area (Å²) < 4.78 is 0. The van der Waals surface area contributed by atoms with Crippen molar-refractivity contribution in [3.63, 3.8) is 0 Å². The summed E-state index contributed by atoms with van der Waals surface area (Å²) in [5.41, 5.74) is 12.9. The van der Waals surface area contributed by atoms with E-state index < -0.39 is 0 Å². The van der Waals surface area contributed by atoms with Crippen molar-refractivity contribution < 1.29 is 0 Å². The molecule has 56 heavy (non-hydrogen) atoms. The van der Waals surface area contributed by atoms with Gasteiger partial charge in [0.1, 0.15) is 12.0 Å². The van der Waals surface area contributed by atoms with E-state index in [0.717, 1.165) is 66.9 Å². The van der Waals surface area contributed by atoms with Gasteiger partial charge in [0.2, 0.25) is 0 Å². The van der Waals surface area contributed by atoms with Crippen LogP contribution in [0.4, 0.5) is 0 Å². The molecule has 1 aliphatic heterocycles. The molecule has 0 aliphatic carbocycles. The average Bonchev–Trinajstić information content (AvgIpc) is 3.29. The molecule has 0 saturated heterocycles. The van der Waals surface area contributed by atoms with Crippen LogP contribution in [0.3, 0.4) is 0 Å². The molecule has 2 heterocycles. The fourth-order valence-electron chi connectivity index (χ4n) is 7.76. The highest BCUT2D eigenvalue weighted by molar-refractivity contribution is 6.13. The van der Waals surface area contributed by atoms with Crippen molar-refractivity contribution in [2.45, 2.75) is 6.17 Å². The van der Waals surface area contributed by atoms with Crippen LogP contribution in [0.15, 0.2) is 216 Å². The summed E-state index contributed by atoms with van der Waals surface area (Å²) in [6, 6.07) is 72.4. The van der Waals surface area contributed by atoms with E-state index in [-0.39, 0.29) is 6.17 Å². The topological polar surface area (TPSA) is 49.6 Å². The highest BCUT2D eigenvalue weighted by Gasteiger charge is 2.23. The molecular formula is C52H36N4. The number of rotatable bonds is 7. The number of fused-ring (bicyclic) bond motifs is 3. The molecule has 1 atom stereocenters. The maximum atomic E-state index is 5.27. The SMILES string of the molecule is c1ccc(C2=NC(c3cc(-c4ccc(-c5nc6ccccc6c6ccccc56)cc4)cc(-c4ccccc4-c4ccccc4)c3)NC(c3ccccc3)=N2)cc1. The molecule has 10 rings (SSSR count). The molecule has 4 heteroatoms. The van der Waals surface area contributed by atoms with Crippen molar-refractivity contribution in [3.8, 4) is 44.6 Å². The first-order chi connectivity index (χ1) is 27.7.